The minimum absolute atomic E-state index is 0.688. The van der Waals surface area contributed by atoms with Crippen molar-refractivity contribution >= 4 is 5.71 Å². The molecule has 1 aliphatic heterocycles. The average molecular weight is 327 g/mol. The number of rotatable bonds is 5. The molecule has 0 radical (unpaired) electrons. The highest BCUT2D eigenvalue weighted by Crippen LogP contribution is 2.36. The van der Waals surface area contributed by atoms with E-state index in [-0.39, 0.29) is 0 Å². The first-order valence-corrected chi connectivity index (χ1v) is 7.74. The lowest BCUT2D eigenvalue weighted by atomic mass is 9.92. The molecule has 1 heterocycles. The lowest BCUT2D eigenvalue weighted by molar-refractivity contribution is 0.354. The van der Waals surface area contributed by atoms with Crippen LogP contribution in [-0.2, 0) is 6.42 Å². The van der Waals surface area contributed by atoms with Gasteiger partial charge in [0, 0.05) is 17.7 Å². The van der Waals surface area contributed by atoms with Gasteiger partial charge in [-0.1, -0.05) is 0 Å². The van der Waals surface area contributed by atoms with E-state index in [1.807, 2.05) is 30.3 Å². The third-order valence-electron chi connectivity index (χ3n) is 4.18. The van der Waals surface area contributed by atoms with Crippen LogP contribution in [-0.4, -0.2) is 40.7 Å². The summed E-state index contributed by atoms with van der Waals surface area (Å²) >= 11 is 0. The van der Waals surface area contributed by atoms with E-state index in [4.69, 9.17) is 23.9 Å². The monoisotopic (exact) mass is 327 g/mol. The Morgan fingerprint density at radius 3 is 2.12 bits per heavy atom. The highest BCUT2D eigenvalue weighted by Gasteiger charge is 2.22. The van der Waals surface area contributed by atoms with Crippen LogP contribution >= 0.6 is 0 Å². The van der Waals surface area contributed by atoms with Crippen LogP contribution < -0.4 is 18.9 Å². The van der Waals surface area contributed by atoms with E-state index in [1.54, 1.807) is 28.4 Å². The highest BCUT2D eigenvalue weighted by molar-refractivity contribution is 6.16. The molecule has 2 aromatic carbocycles. The molecule has 0 aliphatic carbocycles. The van der Waals surface area contributed by atoms with Crippen molar-refractivity contribution in [1.29, 1.82) is 0 Å². The van der Waals surface area contributed by atoms with E-state index >= 15 is 0 Å². The van der Waals surface area contributed by atoms with Gasteiger partial charge in [0.1, 0.15) is 11.5 Å². The van der Waals surface area contributed by atoms with Gasteiger partial charge in [0.15, 0.2) is 11.5 Å². The summed E-state index contributed by atoms with van der Waals surface area (Å²) in [5.74, 6) is 2.95. The zero-order valence-electron chi connectivity index (χ0n) is 14.4. The maximum absolute atomic E-state index is 5.52. The fraction of sp³-hybridized carbons (Fsp3) is 0.316. The maximum atomic E-state index is 5.52. The standard InChI is InChI=1S/C19H21NO4/c1-21-13-5-6-16(22-2)15(10-13)19-14-11-18(24-4)17(23-3)9-12(14)7-8-20-19/h5-6,9-11H,7-8H2,1-4H3. The van der Waals surface area contributed by atoms with Gasteiger partial charge in [-0.05, 0) is 42.3 Å². The van der Waals surface area contributed by atoms with E-state index in [0.717, 1.165) is 47.1 Å². The summed E-state index contributed by atoms with van der Waals surface area (Å²) in [4.78, 5) is 4.74. The second-order valence-corrected chi connectivity index (χ2v) is 5.41. The van der Waals surface area contributed by atoms with Crippen LogP contribution in [0, 0.1) is 0 Å². The normalized spacial score (nSPS) is 12.9. The number of benzene rings is 2. The van der Waals surface area contributed by atoms with E-state index < -0.39 is 0 Å². The number of hydrogen-bond donors (Lipinski definition) is 0. The Labute approximate surface area is 141 Å². The zero-order valence-corrected chi connectivity index (χ0v) is 14.4. The molecule has 2 aromatic rings. The van der Waals surface area contributed by atoms with Crippen LogP contribution in [0.1, 0.15) is 16.7 Å². The molecule has 0 saturated heterocycles. The first-order valence-electron chi connectivity index (χ1n) is 7.74. The molecule has 0 aromatic heterocycles. The third kappa shape index (κ3) is 2.77. The fourth-order valence-electron chi connectivity index (χ4n) is 2.95. The van der Waals surface area contributed by atoms with Crippen LogP contribution in [0.4, 0.5) is 0 Å². The van der Waals surface area contributed by atoms with Gasteiger partial charge in [0.2, 0.25) is 0 Å². The van der Waals surface area contributed by atoms with Gasteiger partial charge in [0.25, 0.3) is 0 Å². The first-order chi connectivity index (χ1) is 11.7. The van der Waals surface area contributed by atoms with Crippen molar-refractivity contribution in [3.8, 4) is 23.0 Å². The smallest absolute Gasteiger partial charge is 0.161 e. The molecular formula is C19H21NO4. The summed E-state index contributed by atoms with van der Waals surface area (Å²) in [6.07, 6.45) is 0.867. The van der Waals surface area contributed by atoms with Gasteiger partial charge in [0.05, 0.1) is 34.2 Å². The molecule has 5 nitrogen and oxygen atoms in total. The van der Waals surface area contributed by atoms with E-state index in [1.165, 1.54) is 5.56 Å². The SMILES string of the molecule is COc1ccc(OC)c(C2=NCCc3cc(OC)c(OC)cc32)c1. The Balaban J connectivity index is 2.17. The third-order valence-corrected chi connectivity index (χ3v) is 4.18. The Bertz CT molecular complexity index is 783. The largest absolute Gasteiger partial charge is 0.497 e. The van der Waals surface area contributed by atoms with E-state index in [2.05, 4.69) is 0 Å². The number of hydrogen-bond acceptors (Lipinski definition) is 5. The summed E-state index contributed by atoms with van der Waals surface area (Å²) in [7, 11) is 6.59. The molecule has 5 heteroatoms. The quantitative estimate of drug-likeness (QED) is 0.847. The summed E-state index contributed by atoms with van der Waals surface area (Å²) in [6.45, 7) is 0.720. The summed E-state index contributed by atoms with van der Waals surface area (Å²) in [5, 5.41) is 0. The van der Waals surface area contributed by atoms with Gasteiger partial charge in [-0.3, -0.25) is 4.99 Å². The number of aliphatic imine (C=N–C) groups is 1. The molecule has 126 valence electrons. The topological polar surface area (TPSA) is 49.3 Å². The average Bonchev–Trinajstić information content (AvgIpc) is 2.65. The number of ether oxygens (including phenoxy) is 4. The molecule has 24 heavy (non-hydrogen) atoms. The molecule has 0 atom stereocenters. The Kier molecular flexibility index (Phi) is 4.60. The lowest BCUT2D eigenvalue weighted by Crippen LogP contribution is -2.16. The number of nitrogens with zero attached hydrogens (tertiary/aromatic N) is 1. The predicted molar refractivity (Wildman–Crippen MR) is 93.3 cm³/mol. The molecule has 1 aliphatic rings. The lowest BCUT2D eigenvalue weighted by Gasteiger charge is -2.21. The van der Waals surface area contributed by atoms with Crippen LogP contribution in [0.2, 0.25) is 0 Å². The first kappa shape index (κ1) is 16.2. The molecule has 0 N–H and O–H groups in total. The van der Waals surface area contributed by atoms with Crippen molar-refractivity contribution in [2.24, 2.45) is 4.99 Å². The highest BCUT2D eigenvalue weighted by atomic mass is 16.5. The van der Waals surface area contributed by atoms with Gasteiger partial charge in [-0.2, -0.15) is 0 Å². The van der Waals surface area contributed by atoms with Crippen LogP contribution in [0.15, 0.2) is 35.3 Å². The minimum Gasteiger partial charge on any atom is -0.497 e. The maximum Gasteiger partial charge on any atom is 0.161 e. The van der Waals surface area contributed by atoms with Crippen molar-refractivity contribution in [2.45, 2.75) is 6.42 Å². The second kappa shape index (κ2) is 6.83. The molecular weight excluding hydrogens is 306 g/mol. The Morgan fingerprint density at radius 2 is 1.46 bits per heavy atom. The molecule has 0 unspecified atom stereocenters. The van der Waals surface area contributed by atoms with Gasteiger partial charge in [-0.25, -0.2) is 0 Å². The molecule has 3 rings (SSSR count). The van der Waals surface area contributed by atoms with E-state index in [9.17, 15) is 0 Å². The molecule has 0 bridgehead atoms. The van der Waals surface area contributed by atoms with Crippen molar-refractivity contribution in [3.05, 3.63) is 47.0 Å². The Hall–Kier alpha value is -2.69. The van der Waals surface area contributed by atoms with Crippen molar-refractivity contribution in [2.75, 3.05) is 35.0 Å². The number of fused-ring (bicyclic) bond motifs is 1. The summed E-state index contributed by atoms with van der Waals surface area (Å²) < 4.78 is 21.7. The predicted octanol–water partition coefficient (Wildman–Crippen LogP) is 3.11. The van der Waals surface area contributed by atoms with E-state index in [0.29, 0.717) is 5.75 Å². The minimum atomic E-state index is 0.688. The van der Waals surface area contributed by atoms with Crippen LogP contribution in [0.3, 0.4) is 0 Å². The van der Waals surface area contributed by atoms with Crippen molar-refractivity contribution < 1.29 is 18.9 Å². The summed E-state index contributed by atoms with van der Waals surface area (Å²) in [5.41, 5.74) is 4.01. The molecule has 0 amide bonds. The molecule has 0 fully saturated rings. The Morgan fingerprint density at radius 1 is 0.750 bits per heavy atom. The van der Waals surface area contributed by atoms with Gasteiger partial charge < -0.3 is 18.9 Å². The second-order valence-electron chi connectivity index (χ2n) is 5.41. The van der Waals surface area contributed by atoms with Crippen LogP contribution in [0.25, 0.3) is 0 Å². The molecule has 0 spiro atoms. The summed E-state index contributed by atoms with van der Waals surface area (Å²) in [6, 6.07) is 9.72. The fourth-order valence-corrected chi connectivity index (χ4v) is 2.95. The molecule has 0 saturated carbocycles. The zero-order chi connectivity index (χ0) is 17.1. The van der Waals surface area contributed by atoms with Crippen molar-refractivity contribution in [1.82, 2.24) is 0 Å². The van der Waals surface area contributed by atoms with Crippen LogP contribution in [0.5, 0.6) is 23.0 Å². The van der Waals surface area contributed by atoms with Gasteiger partial charge >= 0.3 is 0 Å². The number of methoxy groups -OCH3 is 4. The van der Waals surface area contributed by atoms with Gasteiger partial charge in [-0.15, -0.1) is 0 Å². The van der Waals surface area contributed by atoms with Crippen molar-refractivity contribution in [3.63, 3.8) is 0 Å².